The van der Waals surface area contributed by atoms with Crippen molar-refractivity contribution in [3.8, 4) is 5.75 Å². The Kier molecular flexibility index (Phi) is 5.23. The minimum absolute atomic E-state index is 0.344. The molecule has 1 fully saturated rings. The quantitative estimate of drug-likeness (QED) is 0.827. The highest BCUT2D eigenvalue weighted by atomic mass is 16.3. The largest absolute Gasteiger partial charge is 0.508 e. The standard InChI is InChI=1S/C16H26N2O/c1-13(2)10-18(12-15-4-3-9-17-15)11-14-5-7-16(19)8-6-14/h5-8,13,15,17,19H,3-4,9-12H2,1-2H3. The number of phenolic OH excluding ortho intramolecular Hbond substituents is 1. The van der Waals surface area contributed by atoms with Crippen molar-refractivity contribution < 1.29 is 5.11 Å². The van der Waals surface area contributed by atoms with E-state index in [-0.39, 0.29) is 0 Å². The molecule has 1 atom stereocenters. The molecule has 19 heavy (non-hydrogen) atoms. The van der Waals surface area contributed by atoms with Crippen LogP contribution in [-0.2, 0) is 6.54 Å². The van der Waals surface area contributed by atoms with Crippen LogP contribution >= 0.6 is 0 Å². The minimum atomic E-state index is 0.344. The van der Waals surface area contributed by atoms with Crippen molar-refractivity contribution in [1.82, 2.24) is 10.2 Å². The number of nitrogens with one attached hydrogen (secondary N) is 1. The first-order valence-corrected chi connectivity index (χ1v) is 7.37. The van der Waals surface area contributed by atoms with Crippen LogP contribution in [0.5, 0.6) is 5.75 Å². The Balaban J connectivity index is 1.93. The van der Waals surface area contributed by atoms with E-state index >= 15 is 0 Å². The second kappa shape index (κ2) is 6.92. The van der Waals surface area contributed by atoms with Crippen LogP contribution in [0.4, 0.5) is 0 Å². The van der Waals surface area contributed by atoms with Gasteiger partial charge in [-0.25, -0.2) is 0 Å². The highest BCUT2D eigenvalue weighted by Gasteiger charge is 2.18. The average molecular weight is 262 g/mol. The zero-order chi connectivity index (χ0) is 13.7. The second-order valence-electron chi connectivity index (χ2n) is 6.05. The lowest BCUT2D eigenvalue weighted by molar-refractivity contribution is 0.216. The van der Waals surface area contributed by atoms with Gasteiger partial charge in [-0.1, -0.05) is 26.0 Å². The smallest absolute Gasteiger partial charge is 0.115 e. The monoisotopic (exact) mass is 262 g/mol. The molecule has 3 heteroatoms. The van der Waals surface area contributed by atoms with Gasteiger partial charge in [0.2, 0.25) is 0 Å². The maximum atomic E-state index is 9.34. The molecule has 1 heterocycles. The van der Waals surface area contributed by atoms with Gasteiger partial charge in [-0.05, 0) is 43.0 Å². The fraction of sp³-hybridized carbons (Fsp3) is 0.625. The van der Waals surface area contributed by atoms with Crippen LogP contribution < -0.4 is 5.32 Å². The van der Waals surface area contributed by atoms with Gasteiger partial charge in [0, 0.05) is 25.7 Å². The SMILES string of the molecule is CC(C)CN(Cc1ccc(O)cc1)CC1CCCN1. The lowest BCUT2D eigenvalue weighted by Gasteiger charge is -2.27. The molecule has 3 nitrogen and oxygen atoms in total. The summed E-state index contributed by atoms with van der Waals surface area (Å²) in [5.74, 6) is 1.02. The lowest BCUT2D eigenvalue weighted by atomic mass is 10.1. The average Bonchev–Trinajstić information content (AvgIpc) is 2.84. The van der Waals surface area contributed by atoms with Gasteiger partial charge < -0.3 is 10.4 Å². The minimum Gasteiger partial charge on any atom is -0.508 e. The van der Waals surface area contributed by atoms with Gasteiger partial charge in [0.05, 0.1) is 0 Å². The third-order valence-electron chi connectivity index (χ3n) is 3.61. The highest BCUT2D eigenvalue weighted by Crippen LogP contribution is 2.15. The van der Waals surface area contributed by atoms with Crippen LogP contribution in [0, 0.1) is 5.92 Å². The molecule has 1 aliphatic rings. The van der Waals surface area contributed by atoms with Gasteiger partial charge in [-0.3, -0.25) is 4.90 Å². The summed E-state index contributed by atoms with van der Waals surface area (Å²) in [4.78, 5) is 2.53. The number of hydrogen-bond donors (Lipinski definition) is 2. The van der Waals surface area contributed by atoms with E-state index in [1.54, 1.807) is 12.1 Å². The van der Waals surface area contributed by atoms with E-state index in [1.807, 2.05) is 12.1 Å². The molecular formula is C16H26N2O. The number of hydrogen-bond acceptors (Lipinski definition) is 3. The molecule has 0 saturated carbocycles. The van der Waals surface area contributed by atoms with Crippen LogP contribution in [0.2, 0.25) is 0 Å². The van der Waals surface area contributed by atoms with E-state index in [2.05, 4.69) is 24.1 Å². The summed E-state index contributed by atoms with van der Waals surface area (Å²) >= 11 is 0. The van der Waals surface area contributed by atoms with Crippen molar-refractivity contribution in [3.05, 3.63) is 29.8 Å². The Morgan fingerprint density at radius 3 is 2.63 bits per heavy atom. The Hall–Kier alpha value is -1.06. The van der Waals surface area contributed by atoms with Gasteiger partial charge in [0.1, 0.15) is 5.75 Å². The molecule has 1 aromatic carbocycles. The van der Waals surface area contributed by atoms with Crippen molar-refractivity contribution in [2.45, 2.75) is 39.3 Å². The van der Waals surface area contributed by atoms with Crippen LogP contribution in [0.1, 0.15) is 32.3 Å². The number of phenols is 1. The number of benzene rings is 1. The Labute approximate surface area is 116 Å². The van der Waals surface area contributed by atoms with Gasteiger partial charge >= 0.3 is 0 Å². The molecule has 0 aliphatic carbocycles. The fourth-order valence-corrected chi connectivity index (χ4v) is 2.80. The molecular weight excluding hydrogens is 236 g/mol. The van der Waals surface area contributed by atoms with Crippen LogP contribution in [0.3, 0.4) is 0 Å². The van der Waals surface area contributed by atoms with Crippen molar-refractivity contribution in [1.29, 1.82) is 0 Å². The van der Waals surface area contributed by atoms with Crippen LogP contribution in [0.25, 0.3) is 0 Å². The van der Waals surface area contributed by atoms with Crippen molar-refractivity contribution in [2.75, 3.05) is 19.6 Å². The second-order valence-corrected chi connectivity index (χ2v) is 6.05. The number of rotatable bonds is 6. The normalized spacial score (nSPS) is 19.5. The molecule has 0 spiro atoms. The first kappa shape index (κ1) is 14.4. The third kappa shape index (κ3) is 4.84. The highest BCUT2D eigenvalue weighted by molar-refractivity contribution is 5.25. The number of nitrogens with zero attached hydrogens (tertiary/aromatic N) is 1. The summed E-state index contributed by atoms with van der Waals surface area (Å²) < 4.78 is 0. The first-order chi connectivity index (χ1) is 9.13. The Morgan fingerprint density at radius 2 is 2.05 bits per heavy atom. The van der Waals surface area contributed by atoms with Crippen LogP contribution in [0.15, 0.2) is 24.3 Å². The van der Waals surface area contributed by atoms with Gasteiger partial charge in [0.25, 0.3) is 0 Å². The van der Waals surface area contributed by atoms with Crippen molar-refractivity contribution in [3.63, 3.8) is 0 Å². The topological polar surface area (TPSA) is 35.5 Å². The molecule has 106 valence electrons. The maximum absolute atomic E-state index is 9.34. The van der Waals surface area contributed by atoms with Gasteiger partial charge in [-0.2, -0.15) is 0 Å². The van der Waals surface area contributed by atoms with Crippen molar-refractivity contribution >= 4 is 0 Å². The summed E-state index contributed by atoms with van der Waals surface area (Å²) in [6, 6.07) is 8.24. The van der Waals surface area contributed by atoms with E-state index in [0.717, 1.165) is 19.6 Å². The molecule has 1 aromatic rings. The maximum Gasteiger partial charge on any atom is 0.115 e. The first-order valence-electron chi connectivity index (χ1n) is 7.37. The summed E-state index contributed by atoms with van der Waals surface area (Å²) in [5.41, 5.74) is 1.27. The zero-order valence-corrected chi connectivity index (χ0v) is 12.1. The number of aromatic hydroxyl groups is 1. The lowest BCUT2D eigenvalue weighted by Crippen LogP contribution is -2.38. The molecule has 1 saturated heterocycles. The predicted octanol–water partition coefficient (Wildman–Crippen LogP) is 2.60. The van der Waals surface area contributed by atoms with E-state index in [0.29, 0.717) is 17.7 Å². The fourth-order valence-electron chi connectivity index (χ4n) is 2.80. The molecule has 2 N–H and O–H groups in total. The predicted molar refractivity (Wildman–Crippen MR) is 79.2 cm³/mol. The Morgan fingerprint density at radius 1 is 1.32 bits per heavy atom. The third-order valence-corrected chi connectivity index (χ3v) is 3.61. The summed E-state index contributed by atoms with van der Waals surface area (Å²) in [6.07, 6.45) is 2.60. The molecule has 1 unspecified atom stereocenters. The molecule has 0 amide bonds. The van der Waals surface area contributed by atoms with E-state index in [4.69, 9.17) is 0 Å². The van der Waals surface area contributed by atoms with E-state index < -0.39 is 0 Å². The van der Waals surface area contributed by atoms with E-state index in [9.17, 15) is 5.11 Å². The summed E-state index contributed by atoms with van der Waals surface area (Å²) in [7, 11) is 0. The summed E-state index contributed by atoms with van der Waals surface area (Å²) in [5, 5.41) is 12.9. The van der Waals surface area contributed by atoms with Crippen molar-refractivity contribution in [2.24, 2.45) is 5.92 Å². The zero-order valence-electron chi connectivity index (χ0n) is 12.1. The molecule has 0 radical (unpaired) electrons. The molecule has 0 bridgehead atoms. The Bertz CT molecular complexity index is 369. The van der Waals surface area contributed by atoms with Gasteiger partial charge in [0.15, 0.2) is 0 Å². The van der Waals surface area contributed by atoms with Crippen LogP contribution in [-0.4, -0.2) is 35.7 Å². The van der Waals surface area contributed by atoms with E-state index in [1.165, 1.54) is 24.9 Å². The summed E-state index contributed by atoms with van der Waals surface area (Å²) in [6.45, 7) is 8.92. The molecule has 1 aliphatic heterocycles. The molecule has 0 aromatic heterocycles. The molecule has 2 rings (SSSR count). The van der Waals surface area contributed by atoms with Gasteiger partial charge in [-0.15, -0.1) is 0 Å².